The summed E-state index contributed by atoms with van der Waals surface area (Å²) >= 11 is 0. The van der Waals surface area contributed by atoms with E-state index in [1.165, 1.54) is 19.3 Å². The summed E-state index contributed by atoms with van der Waals surface area (Å²) in [7, 11) is 0. The van der Waals surface area contributed by atoms with Gasteiger partial charge in [0.25, 0.3) is 0 Å². The molecule has 2 aliphatic rings. The zero-order valence-electron chi connectivity index (χ0n) is 8.74. The van der Waals surface area contributed by atoms with Crippen molar-refractivity contribution in [1.82, 2.24) is 0 Å². The fourth-order valence-corrected chi connectivity index (χ4v) is 3.02. The van der Waals surface area contributed by atoms with Crippen molar-refractivity contribution in [2.75, 3.05) is 0 Å². The standard InChI is InChI=1S/C13H20/c1-3-11-9-8-10(2)12-6-4-5-7-13(11)12/h4-7,10-13H,3,8-9H2,1-2H3. The smallest absolute Gasteiger partial charge is 0.0136 e. The zero-order chi connectivity index (χ0) is 9.26. The third-order valence-corrected chi connectivity index (χ3v) is 3.94. The molecule has 0 aromatic rings. The first-order chi connectivity index (χ1) is 6.33. The Morgan fingerprint density at radius 1 is 1.08 bits per heavy atom. The molecule has 2 aliphatic carbocycles. The predicted octanol–water partition coefficient (Wildman–Crippen LogP) is 3.80. The van der Waals surface area contributed by atoms with Crippen LogP contribution in [0.2, 0.25) is 0 Å². The molecule has 0 nitrogen and oxygen atoms in total. The number of allylic oxidation sites excluding steroid dienone is 4. The van der Waals surface area contributed by atoms with E-state index in [0.717, 1.165) is 23.7 Å². The zero-order valence-corrected chi connectivity index (χ0v) is 8.74. The van der Waals surface area contributed by atoms with Crippen LogP contribution in [0.4, 0.5) is 0 Å². The molecule has 0 aromatic carbocycles. The molecule has 0 N–H and O–H groups in total. The van der Waals surface area contributed by atoms with Crippen LogP contribution >= 0.6 is 0 Å². The van der Waals surface area contributed by atoms with Crippen molar-refractivity contribution in [3.63, 3.8) is 0 Å². The number of rotatable bonds is 1. The van der Waals surface area contributed by atoms with Gasteiger partial charge in [0.05, 0.1) is 0 Å². The molecule has 0 aromatic heterocycles. The lowest BCUT2D eigenvalue weighted by molar-refractivity contribution is 0.163. The van der Waals surface area contributed by atoms with Crippen LogP contribution in [-0.4, -0.2) is 0 Å². The second kappa shape index (κ2) is 3.69. The highest BCUT2D eigenvalue weighted by Gasteiger charge is 2.33. The summed E-state index contributed by atoms with van der Waals surface area (Å²) in [6, 6.07) is 0. The monoisotopic (exact) mass is 176 g/mol. The molecule has 1 fully saturated rings. The highest BCUT2D eigenvalue weighted by molar-refractivity contribution is 5.17. The number of hydrogen-bond donors (Lipinski definition) is 0. The molecule has 0 amide bonds. The molecule has 4 atom stereocenters. The van der Waals surface area contributed by atoms with Crippen molar-refractivity contribution >= 4 is 0 Å². The van der Waals surface area contributed by atoms with Crippen LogP contribution in [0.1, 0.15) is 33.1 Å². The van der Waals surface area contributed by atoms with E-state index in [1.807, 2.05) is 0 Å². The van der Waals surface area contributed by atoms with Crippen LogP contribution in [0.15, 0.2) is 24.3 Å². The third-order valence-electron chi connectivity index (χ3n) is 3.94. The van der Waals surface area contributed by atoms with Gasteiger partial charge < -0.3 is 0 Å². The first kappa shape index (κ1) is 9.05. The van der Waals surface area contributed by atoms with Gasteiger partial charge in [-0.15, -0.1) is 0 Å². The van der Waals surface area contributed by atoms with Gasteiger partial charge in [-0.1, -0.05) is 44.6 Å². The van der Waals surface area contributed by atoms with E-state index in [4.69, 9.17) is 0 Å². The Morgan fingerprint density at radius 2 is 1.77 bits per heavy atom. The largest absolute Gasteiger partial charge is 0.0806 e. The van der Waals surface area contributed by atoms with Gasteiger partial charge in [-0.2, -0.15) is 0 Å². The Bertz CT molecular complexity index is 224. The maximum atomic E-state index is 2.44. The van der Waals surface area contributed by atoms with E-state index in [0.29, 0.717) is 0 Å². The molecule has 2 rings (SSSR count). The van der Waals surface area contributed by atoms with E-state index >= 15 is 0 Å². The maximum absolute atomic E-state index is 2.44. The highest BCUT2D eigenvalue weighted by Crippen LogP contribution is 2.42. The lowest BCUT2D eigenvalue weighted by atomic mass is 9.65. The quantitative estimate of drug-likeness (QED) is 0.570. The fraction of sp³-hybridized carbons (Fsp3) is 0.692. The Kier molecular flexibility index (Phi) is 2.57. The molecule has 72 valence electrons. The summed E-state index contributed by atoms with van der Waals surface area (Å²) in [6.45, 7) is 4.75. The Labute approximate surface area is 81.7 Å². The fourth-order valence-electron chi connectivity index (χ4n) is 3.02. The maximum Gasteiger partial charge on any atom is -0.0136 e. The van der Waals surface area contributed by atoms with Gasteiger partial charge in [-0.25, -0.2) is 0 Å². The minimum absolute atomic E-state index is 0.837. The molecule has 1 saturated carbocycles. The molecular formula is C13H20. The van der Waals surface area contributed by atoms with Gasteiger partial charge in [-0.05, 0) is 36.5 Å². The third kappa shape index (κ3) is 1.59. The second-order valence-corrected chi connectivity index (χ2v) is 4.65. The van der Waals surface area contributed by atoms with Crippen LogP contribution in [0.25, 0.3) is 0 Å². The topological polar surface area (TPSA) is 0 Å². The molecular weight excluding hydrogens is 156 g/mol. The number of hydrogen-bond acceptors (Lipinski definition) is 0. The van der Waals surface area contributed by atoms with E-state index in [2.05, 4.69) is 38.2 Å². The summed E-state index contributed by atoms with van der Waals surface area (Å²) < 4.78 is 0. The molecule has 0 aliphatic heterocycles. The van der Waals surface area contributed by atoms with Crippen LogP contribution in [0.5, 0.6) is 0 Å². The summed E-state index contributed by atoms with van der Waals surface area (Å²) in [4.78, 5) is 0. The summed E-state index contributed by atoms with van der Waals surface area (Å²) in [6.07, 6.45) is 13.6. The van der Waals surface area contributed by atoms with Crippen molar-refractivity contribution < 1.29 is 0 Å². The predicted molar refractivity (Wildman–Crippen MR) is 57.4 cm³/mol. The first-order valence-electron chi connectivity index (χ1n) is 5.68. The highest BCUT2D eigenvalue weighted by atomic mass is 14.4. The van der Waals surface area contributed by atoms with E-state index < -0.39 is 0 Å². The van der Waals surface area contributed by atoms with Crippen molar-refractivity contribution in [1.29, 1.82) is 0 Å². The van der Waals surface area contributed by atoms with Crippen LogP contribution in [0.3, 0.4) is 0 Å². The Balaban J connectivity index is 2.16. The second-order valence-electron chi connectivity index (χ2n) is 4.65. The summed E-state index contributed by atoms with van der Waals surface area (Å²) in [5.41, 5.74) is 0. The van der Waals surface area contributed by atoms with Gasteiger partial charge in [0.1, 0.15) is 0 Å². The molecule has 13 heavy (non-hydrogen) atoms. The SMILES string of the molecule is CCC1CCC(C)C2C=CC=CC12. The minimum Gasteiger partial charge on any atom is -0.0806 e. The lowest BCUT2D eigenvalue weighted by Gasteiger charge is -2.40. The average Bonchev–Trinajstić information content (AvgIpc) is 2.19. The van der Waals surface area contributed by atoms with Gasteiger partial charge in [0.2, 0.25) is 0 Å². The van der Waals surface area contributed by atoms with Crippen LogP contribution in [0, 0.1) is 23.7 Å². The van der Waals surface area contributed by atoms with E-state index in [9.17, 15) is 0 Å². The van der Waals surface area contributed by atoms with Crippen molar-refractivity contribution in [2.24, 2.45) is 23.7 Å². The molecule has 0 radical (unpaired) electrons. The Hall–Kier alpha value is -0.520. The molecule has 0 heterocycles. The summed E-state index contributed by atoms with van der Waals surface area (Å²) in [5.74, 6) is 3.53. The average molecular weight is 176 g/mol. The Morgan fingerprint density at radius 3 is 2.46 bits per heavy atom. The normalized spacial score (nSPS) is 43.2. The molecule has 0 bridgehead atoms. The van der Waals surface area contributed by atoms with Gasteiger partial charge >= 0.3 is 0 Å². The lowest BCUT2D eigenvalue weighted by Crippen LogP contribution is -2.31. The molecule has 0 heteroatoms. The van der Waals surface area contributed by atoms with Crippen molar-refractivity contribution in [3.8, 4) is 0 Å². The molecule has 0 spiro atoms. The van der Waals surface area contributed by atoms with Crippen molar-refractivity contribution in [2.45, 2.75) is 33.1 Å². The van der Waals surface area contributed by atoms with Crippen LogP contribution < -0.4 is 0 Å². The van der Waals surface area contributed by atoms with Gasteiger partial charge in [-0.3, -0.25) is 0 Å². The van der Waals surface area contributed by atoms with Crippen molar-refractivity contribution in [3.05, 3.63) is 24.3 Å². The minimum atomic E-state index is 0.837. The van der Waals surface area contributed by atoms with Gasteiger partial charge in [0, 0.05) is 0 Å². The summed E-state index contributed by atoms with van der Waals surface area (Å²) in [5, 5.41) is 0. The number of fused-ring (bicyclic) bond motifs is 1. The van der Waals surface area contributed by atoms with Crippen LogP contribution in [-0.2, 0) is 0 Å². The van der Waals surface area contributed by atoms with E-state index in [-0.39, 0.29) is 0 Å². The first-order valence-corrected chi connectivity index (χ1v) is 5.68. The van der Waals surface area contributed by atoms with Gasteiger partial charge in [0.15, 0.2) is 0 Å². The molecule has 4 unspecified atom stereocenters. The van der Waals surface area contributed by atoms with E-state index in [1.54, 1.807) is 0 Å². The molecule has 0 saturated heterocycles.